The zero-order chi connectivity index (χ0) is 27.2. The quantitative estimate of drug-likeness (QED) is 0.292. The summed E-state index contributed by atoms with van der Waals surface area (Å²) in [4.78, 5) is 39.4. The monoisotopic (exact) mass is 544 g/mol. The van der Waals surface area contributed by atoms with Crippen LogP contribution in [-0.4, -0.2) is 60.1 Å². The maximum atomic E-state index is 11.8. The van der Waals surface area contributed by atoms with Gasteiger partial charge >= 0.3 is 0 Å². The van der Waals surface area contributed by atoms with Crippen LogP contribution < -0.4 is 15.5 Å². The molecule has 2 saturated heterocycles. The molecule has 2 aromatic heterocycles. The van der Waals surface area contributed by atoms with Crippen LogP contribution in [0.2, 0.25) is 0 Å². The first-order valence-corrected chi connectivity index (χ1v) is 14.0. The van der Waals surface area contributed by atoms with Crippen molar-refractivity contribution in [3.63, 3.8) is 0 Å². The second kappa shape index (κ2) is 12.4. The SMILES string of the molecule is CC/C=C(/CNCC1CCN(c2nccc(/C=C3\SC(=O)NC3=O)n2)CC1)C(=NC)c1cc2ccccc2o1. The summed E-state index contributed by atoms with van der Waals surface area (Å²) < 4.78 is 6.10. The minimum absolute atomic E-state index is 0.350. The van der Waals surface area contributed by atoms with Crippen LogP contribution in [-0.2, 0) is 4.79 Å². The van der Waals surface area contributed by atoms with Crippen molar-refractivity contribution >= 4 is 51.6 Å². The minimum Gasteiger partial charge on any atom is -0.454 e. The molecule has 5 rings (SSSR count). The molecule has 0 saturated carbocycles. The summed E-state index contributed by atoms with van der Waals surface area (Å²) in [6, 6.07) is 11.8. The van der Waals surface area contributed by atoms with Gasteiger partial charge in [0, 0.05) is 38.3 Å². The number of anilines is 1. The van der Waals surface area contributed by atoms with E-state index in [9.17, 15) is 9.59 Å². The number of amides is 2. The number of carbonyl (C=O) groups is 2. The first-order chi connectivity index (χ1) is 19.0. The van der Waals surface area contributed by atoms with Crippen LogP contribution in [0.15, 0.2) is 68.6 Å². The minimum atomic E-state index is -0.384. The topological polar surface area (TPSA) is 113 Å². The number of para-hydroxylation sites is 1. The number of nitrogens with zero attached hydrogens (tertiary/aromatic N) is 4. The Labute approximate surface area is 231 Å². The zero-order valence-electron chi connectivity index (χ0n) is 22.1. The molecule has 0 unspecified atom stereocenters. The van der Waals surface area contributed by atoms with Gasteiger partial charge in [0.15, 0.2) is 5.76 Å². The Bertz CT molecular complexity index is 1420. The van der Waals surface area contributed by atoms with Gasteiger partial charge in [0.2, 0.25) is 5.95 Å². The molecule has 202 valence electrons. The van der Waals surface area contributed by atoms with E-state index in [0.717, 1.165) is 85.2 Å². The Morgan fingerprint density at radius 2 is 2.08 bits per heavy atom. The molecule has 0 atom stereocenters. The van der Waals surface area contributed by atoms with Gasteiger partial charge in [-0.05, 0) is 73.3 Å². The molecule has 2 amide bonds. The van der Waals surface area contributed by atoms with Gasteiger partial charge in [-0.2, -0.15) is 0 Å². The van der Waals surface area contributed by atoms with Gasteiger partial charge in [-0.3, -0.25) is 19.9 Å². The van der Waals surface area contributed by atoms with Gasteiger partial charge in [0.25, 0.3) is 11.1 Å². The Kier molecular flexibility index (Phi) is 8.53. The lowest BCUT2D eigenvalue weighted by Crippen LogP contribution is -2.38. The van der Waals surface area contributed by atoms with Crippen molar-refractivity contribution in [2.24, 2.45) is 10.9 Å². The molecule has 39 heavy (non-hydrogen) atoms. The van der Waals surface area contributed by atoms with Gasteiger partial charge in [-0.25, -0.2) is 9.97 Å². The van der Waals surface area contributed by atoms with Crippen molar-refractivity contribution in [3.05, 3.63) is 70.6 Å². The van der Waals surface area contributed by atoms with Crippen molar-refractivity contribution in [1.82, 2.24) is 20.6 Å². The third-order valence-electron chi connectivity index (χ3n) is 6.87. The number of thioether (sulfide) groups is 1. The normalized spacial score (nSPS) is 18.4. The lowest BCUT2D eigenvalue weighted by molar-refractivity contribution is -0.115. The summed E-state index contributed by atoms with van der Waals surface area (Å²) in [5, 5.41) is 6.64. The van der Waals surface area contributed by atoms with E-state index in [0.29, 0.717) is 22.5 Å². The van der Waals surface area contributed by atoms with E-state index >= 15 is 0 Å². The summed E-state index contributed by atoms with van der Waals surface area (Å²) in [5.74, 6) is 1.61. The van der Waals surface area contributed by atoms with Crippen molar-refractivity contribution in [3.8, 4) is 0 Å². The zero-order valence-corrected chi connectivity index (χ0v) is 23.0. The average molecular weight is 545 g/mol. The van der Waals surface area contributed by atoms with Gasteiger partial charge < -0.3 is 14.6 Å². The van der Waals surface area contributed by atoms with Crippen LogP contribution >= 0.6 is 11.8 Å². The largest absolute Gasteiger partial charge is 0.454 e. The molecule has 1 aromatic carbocycles. The highest BCUT2D eigenvalue weighted by molar-refractivity contribution is 8.18. The Hall–Kier alpha value is -3.76. The molecule has 2 aliphatic heterocycles. The number of benzene rings is 1. The number of rotatable bonds is 9. The maximum Gasteiger partial charge on any atom is 0.290 e. The maximum absolute atomic E-state index is 11.8. The van der Waals surface area contributed by atoms with Gasteiger partial charge in [0.1, 0.15) is 11.3 Å². The fraction of sp³-hybridized carbons (Fsp3) is 0.345. The molecule has 0 radical (unpaired) electrons. The number of aliphatic imine (C=N–C) groups is 1. The van der Waals surface area contributed by atoms with Crippen molar-refractivity contribution in [2.45, 2.75) is 26.2 Å². The summed E-state index contributed by atoms with van der Waals surface area (Å²) in [7, 11) is 1.82. The number of aromatic nitrogens is 2. The summed E-state index contributed by atoms with van der Waals surface area (Å²) in [6.45, 7) is 5.50. The average Bonchev–Trinajstić information content (AvgIpc) is 3.51. The highest BCUT2D eigenvalue weighted by Crippen LogP contribution is 2.26. The van der Waals surface area contributed by atoms with E-state index in [4.69, 9.17) is 4.42 Å². The molecule has 0 aliphatic carbocycles. The molecule has 4 heterocycles. The third kappa shape index (κ3) is 6.46. The van der Waals surface area contributed by atoms with E-state index in [-0.39, 0.29) is 11.1 Å². The summed E-state index contributed by atoms with van der Waals surface area (Å²) >= 11 is 0.889. The molecular weight excluding hydrogens is 512 g/mol. The fourth-order valence-electron chi connectivity index (χ4n) is 4.91. The molecular formula is C29H32N6O3S. The second-order valence-corrected chi connectivity index (χ2v) is 10.6. The third-order valence-corrected chi connectivity index (χ3v) is 7.68. The molecule has 2 N–H and O–H groups in total. The van der Waals surface area contributed by atoms with Gasteiger partial charge in [-0.15, -0.1) is 0 Å². The lowest BCUT2D eigenvalue weighted by Gasteiger charge is -2.32. The number of allylic oxidation sites excluding steroid dienone is 1. The van der Waals surface area contributed by atoms with E-state index in [1.54, 1.807) is 18.3 Å². The second-order valence-electron chi connectivity index (χ2n) is 9.55. The molecule has 0 spiro atoms. The molecule has 9 nitrogen and oxygen atoms in total. The van der Waals surface area contributed by atoms with E-state index in [2.05, 4.69) is 55.6 Å². The van der Waals surface area contributed by atoms with E-state index in [1.807, 2.05) is 25.2 Å². The van der Waals surface area contributed by atoms with Crippen LogP contribution in [0.25, 0.3) is 17.0 Å². The number of hydrogen-bond acceptors (Lipinski definition) is 9. The smallest absolute Gasteiger partial charge is 0.290 e. The van der Waals surface area contributed by atoms with Crippen LogP contribution in [0.1, 0.15) is 37.6 Å². The van der Waals surface area contributed by atoms with Crippen LogP contribution in [0.4, 0.5) is 10.7 Å². The number of nitrogens with one attached hydrogen (secondary N) is 2. The predicted molar refractivity (Wildman–Crippen MR) is 156 cm³/mol. The first kappa shape index (κ1) is 26.8. The van der Waals surface area contributed by atoms with Crippen LogP contribution in [0.5, 0.6) is 0 Å². The number of furan rings is 1. The fourth-order valence-corrected chi connectivity index (χ4v) is 5.57. The number of imide groups is 1. The van der Waals surface area contributed by atoms with E-state index < -0.39 is 0 Å². The number of piperidine rings is 1. The summed E-state index contributed by atoms with van der Waals surface area (Å²) in [5.41, 5.74) is 3.52. The number of hydrogen-bond donors (Lipinski definition) is 2. The van der Waals surface area contributed by atoms with Crippen molar-refractivity contribution in [2.75, 3.05) is 38.1 Å². The molecule has 2 fully saturated rings. The summed E-state index contributed by atoms with van der Waals surface area (Å²) in [6.07, 6.45) is 8.52. The van der Waals surface area contributed by atoms with Gasteiger partial charge in [0.05, 0.1) is 10.6 Å². The van der Waals surface area contributed by atoms with Crippen molar-refractivity contribution in [1.29, 1.82) is 0 Å². The standard InChI is InChI=1S/C29H32N6O3S/c1-3-6-21(26(30-2)24-15-20-7-4-5-8-23(20)38-24)18-31-17-19-10-13-35(14-11-19)28-32-12-9-22(33-28)16-25-27(36)34-29(37)39-25/h4-9,12,15-16,19,31H,3,10-11,13-14,17-18H2,1-2H3,(H,34,36,37)/b21-6-,25-16-,30-26?. The molecule has 0 bridgehead atoms. The highest BCUT2D eigenvalue weighted by Gasteiger charge is 2.26. The lowest BCUT2D eigenvalue weighted by atomic mass is 9.96. The molecule has 10 heteroatoms. The Morgan fingerprint density at radius 3 is 2.79 bits per heavy atom. The van der Waals surface area contributed by atoms with Crippen LogP contribution in [0, 0.1) is 5.92 Å². The van der Waals surface area contributed by atoms with Crippen LogP contribution in [0.3, 0.4) is 0 Å². The Balaban J connectivity index is 1.15. The highest BCUT2D eigenvalue weighted by atomic mass is 32.2. The number of fused-ring (bicyclic) bond motifs is 1. The Morgan fingerprint density at radius 1 is 1.26 bits per heavy atom. The van der Waals surface area contributed by atoms with Crippen molar-refractivity contribution < 1.29 is 14.0 Å². The molecule has 3 aromatic rings. The first-order valence-electron chi connectivity index (χ1n) is 13.2. The van der Waals surface area contributed by atoms with E-state index in [1.165, 1.54) is 0 Å². The number of carbonyl (C=O) groups excluding carboxylic acids is 2. The molecule has 2 aliphatic rings. The van der Waals surface area contributed by atoms with Gasteiger partial charge in [-0.1, -0.05) is 31.2 Å². The predicted octanol–water partition coefficient (Wildman–Crippen LogP) is 4.81.